The molecule has 86 valence electrons. The van der Waals surface area contributed by atoms with Crippen LogP contribution in [-0.4, -0.2) is 50.2 Å². The summed E-state index contributed by atoms with van der Waals surface area (Å²) in [6.45, 7) is 3.24. The van der Waals surface area contributed by atoms with Gasteiger partial charge in [0.2, 0.25) is 5.91 Å². The third-order valence-electron chi connectivity index (χ3n) is 3.07. The minimum atomic E-state index is 0.216. The molecule has 1 aliphatic carbocycles. The standard InChI is InChI=1S/C11H20N2O2/c1-13(7-9-2-3-9)11(14)6-10-8-15-5-4-12-10/h9-10,12H,2-8H2,1H3. The SMILES string of the molecule is CN(CC1CC1)C(=O)CC1COCCN1. The van der Waals surface area contributed by atoms with Crippen LogP contribution in [0, 0.1) is 5.92 Å². The zero-order valence-corrected chi connectivity index (χ0v) is 9.37. The van der Waals surface area contributed by atoms with Crippen LogP contribution >= 0.6 is 0 Å². The summed E-state index contributed by atoms with van der Waals surface area (Å²) in [5, 5.41) is 3.30. The van der Waals surface area contributed by atoms with Gasteiger partial charge in [-0.2, -0.15) is 0 Å². The molecule has 1 aliphatic heterocycles. The molecule has 1 saturated heterocycles. The lowest BCUT2D eigenvalue weighted by molar-refractivity contribution is -0.131. The lowest BCUT2D eigenvalue weighted by Crippen LogP contribution is -2.44. The quantitative estimate of drug-likeness (QED) is 0.725. The molecule has 0 spiro atoms. The van der Waals surface area contributed by atoms with Crippen molar-refractivity contribution < 1.29 is 9.53 Å². The maximum atomic E-state index is 11.8. The summed E-state index contributed by atoms with van der Waals surface area (Å²) in [4.78, 5) is 13.7. The Morgan fingerprint density at radius 3 is 2.93 bits per heavy atom. The van der Waals surface area contributed by atoms with Crippen LogP contribution in [-0.2, 0) is 9.53 Å². The maximum Gasteiger partial charge on any atom is 0.223 e. The number of nitrogens with one attached hydrogen (secondary N) is 1. The topological polar surface area (TPSA) is 41.6 Å². The zero-order chi connectivity index (χ0) is 10.7. The highest BCUT2D eigenvalue weighted by atomic mass is 16.5. The van der Waals surface area contributed by atoms with E-state index < -0.39 is 0 Å². The van der Waals surface area contributed by atoms with Gasteiger partial charge in [0.05, 0.1) is 13.2 Å². The van der Waals surface area contributed by atoms with Crippen LogP contribution in [0.1, 0.15) is 19.3 Å². The van der Waals surface area contributed by atoms with Gasteiger partial charge < -0.3 is 15.0 Å². The van der Waals surface area contributed by atoms with Gasteiger partial charge >= 0.3 is 0 Å². The first kappa shape index (κ1) is 10.9. The van der Waals surface area contributed by atoms with Gasteiger partial charge in [-0.15, -0.1) is 0 Å². The fourth-order valence-electron chi connectivity index (χ4n) is 1.91. The number of hydrogen-bond donors (Lipinski definition) is 1. The van der Waals surface area contributed by atoms with E-state index in [0.29, 0.717) is 13.0 Å². The summed E-state index contributed by atoms with van der Waals surface area (Å²) in [5.41, 5.74) is 0. The predicted molar refractivity (Wildman–Crippen MR) is 57.6 cm³/mol. The molecule has 1 N–H and O–H groups in total. The number of carbonyl (C=O) groups excluding carboxylic acids is 1. The van der Waals surface area contributed by atoms with Gasteiger partial charge in [0.15, 0.2) is 0 Å². The van der Waals surface area contributed by atoms with Crippen LogP contribution in [0.2, 0.25) is 0 Å². The minimum absolute atomic E-state index is 0.216. The van der Waals surface area contributed by atoms with Crippen LogP contribution in [0.3, 0.4) is 0 Å². The van der Waals surface area contributed by atoms with Crippen molar-refractivity contribution in [3.63, 3.8) is 0 Å². The van der Waals surface area contributed by atoms with E-state index in [9.17, 15) is 4.79 Å². The number of carbonyl (C=O) groups is 1. The van der Waals surface area contributed by atoms with Gasteiger partial charge in [-0.05, 0) is 18.8 Å². The molecule has 1 unspecified atom stereocenters. The maximum absolute atomic E-state index is 11.8. The lowest BCUT2D eigenvalue weighted by Gasteiger charge is -2.25. The Labute approximate surface area is 91.0 Å². The fraction of sp³-hybridized carbons (Fsp3) is 0.909. The predicted octanol–water partition coefficient (Wildman–Crippen LogP) is 0.233. The zero-order valence-electron chi connectivity index (χ0n) is 9.37. The molecular weight excluding hydrogens is 192 g/mol. The third-order valence-corrected chi connectivity index (χ3v) is 3.07. The van der Waals surface area contributed by atoms with Gasteiger partial charge in [0, 0.05) is 32.6 Å². The van der Waals surface area contributed by atoms with Crippen LogP contribution in [0.15, 0.2) is 0 Å². The highest BCUT2D eigenvalue weighted by molar-refractivity contribution is 5.76. The number of hydrogen-bond acceptors (Lipinski definition) is 3. The molecule has 0 aromatic heterocycles. The molecule has 1 heterocycles. The van der Waals surface area contributed by atoms with Gasteiger partial charge in [-0.1, -0.05) is 0 Å². The molecule has 4 nitrogen and oxygen atoms in total. The van der Waals surface area contributed by atoms with Crippen LogP contribution in [0.5, 0.6) is 0 Å². The van der Waals surface area contributed by atoms with Crippen molar-refractivity contribution >= 4 is 5.91 Å². The van der Waals surface area contributed by atoms with Crippen LogP contribution < -0.4 is 5.32 Å². The molecule has 0 radical (unpaired) electrons. The Bertz CT molecular complexity index is 223. The molecule has 2 aliphatic rings. The molecule has 1 atom stereocenters. The Hall–Kier alpha value is -0.610. The number of ether oxygens (including phenoxy) is 1. The summed E-state index contributed by atoms with van der Waals surface area (Å²) in [6, 6.07) is 0.216. The number of amides is 1. The minimum Gasteiger partial charge on any atom is -0.378 e. The van der Waals surface area contributed by atoms with Crippen molar-refractivity contribution in [1.82, 2.24) is 10.2 Å². The number of nitrogens with zero attached hydrogens (tertiary/aromatic N) is 1. The van der Waals surface area contributed by atoms with E-state index in [1.807, 2.05) is 11.9 Å². The summed E-state index contributed by atoms with van der Waals surface area (Å²) in [7, 11) is 1.91. The largest absolute Gasteiger partial charge is 0.378 e. The highest BCUT2D eigenvalue weighted by Crippen LogP contribution is 2.29. The van der Waals surface area contributed by atoms with Crippen molar-refractivity contribution in [2.75, 3.05) is 33.4 Å². The molecule has 2 fully saturated rings. The van der Waals surface area contributed by atoms with Crippen LogP contribution in [0.25, 0.3) is 0 Å². The monoisotopic (exact) mass is 212 g/mol. The first-order chi connectivity index (χ1) is 7.25. The van der Waals surface area contributed by atoms with E-state index in [4.69, 9.17) is 4.74 Å². The van der Waals surface area contributed by atoms with Crippen molar-refractivity contribution in [1.29, 1.82) is 0 Å². The normalized spacial score (nSPS) is 26.3. The van der Waals surface area contributed by atoms with Crippen LogP contribution in [0.4, 0.5) is 0 Å². The molecular formula is C11H20N2O2. The summed E-state index contributed by atoms with van der Waals surface area (Å²) >= 11 is 0. The first-order valence-electron chi connectivity index (χ1n) is 5.81. The number of rotatable bonds is 4. The van der Waals surface area contributed by atoms with E-state index in [0.717, 1.165) is 25.6 Å². The number of morpholine rings is 1. The van der Waals surface area contributed by atoms with E-state index in [-0.39, 0.29) is 11.9 Å². The Balaban J connectivity index is 1.69. The first-order valence-corrected chi connectivity index (χ1v) is 5.81. The van der Waals surface area contributed by atoms with E-state index in [2.05, 4.69) is 5.32 Å². The second-order valence-corrected chi connectivity index (χ2v) is 4.65. The average Bonchev–Trinajstić information content (AvgIpc) is 3.03. The second-order valence-electron chi connectivity index (χ2n) is 4.65. The average molecular weight is 212 g/mol. The molecule has 1 saturated carbocycles. The van der Waals surface area contributed by atoms with Crippen molar-refractivity contribution in [3.05, 3.63) is 0 Å². The second kappa shape index (κ2) is 4.94. The Morgan fingerprint density at radius 1 is 1.53 bits per heavy atom. The van der Waals surface area contributed by atoms with E-state index >= 15 is 0 Å². The smallest absolute Gasteiger partial charge is 0.223 e. The summed E-state index contributed by atoms with van der Waals surface area (Å²) in [6.07, 6.45) is 3.16. The molecule has 2 rings (SSSR count). The summed E-state index contributed by atoms with van der Waals surface area (Å²) < 4.78 is 5.32. The molecule has 4 heteroatoms. The molecule has 0 bridgehead atoms. The molecule has 15 heavy (non-hydrogen) atoms. The Morgan fingerprint density at radius 2 is 2.33 bits per heavy atom. The molecule has 0 aromatic carbocycles. The third kappa shape index (κ3) is 3.47. The highest BCUT2D eigenvalue weighted by Gasteiger charge is 2.26. The summed E-state index contributed by atoms with van der Waals surface area (Å²) in [5.74, 6) is 1.01. The van der Waals surface area contributed by atoms with Gasteiger partial charge in [0.25, 0.3) is 0 Å². The van der Waals surface area contributed by atoms with Crippen molar-refractivity contribution in [3.8, 4) is 0 Å². The fourth-order valence-corrected chi connectivity index (χ4v) is 1.91. The van der Waals surface area contributed by atoms with E-state index in [1.54, 1.807) is 0 Å². The van der Waals surface area contributed by atoms with Gasteiger partial charge in [0.1, 0.15) is 0 Å². The molecule has 1 amide bonds. The lowest BCUT2D eigenvalue weighted by atomic mass is 10.2. The van der Waals surface area contributed by atoms with E-state index in [1.165, 1.54) is 12.8 Å². The van der Waals surface area contributed by atoms with Gasteiger partial charge in [-0.25, -0.2) is 0 Å². The van der Waals surface area contributed by atoms with Crippen molar-refractivity contribution in [2.45, 2.75) is 25.3 Å². The van der Waals surface area contributed by atoms with Gasteiger partial charge in [-0.3, -0.25) is 4.79 Å². The Kier molecular flexibility index (Phi) is 3.59. The molecule has 0 aromatic rings. The van der Waals surface area contributed by atoms with Crippen molar-refractivity contribution in [2.24, 2.45) is 5.92 Å².